The van der Waals surface area contributed by atoms with Crippen molar-refractivity contribution in [1.82, 2.24) is 4.90 Å². The highest BCUT2D eigenvalue weighted by Crippen LogP contribution is 2.28. The first-order valence-electron chi connectivity index (χ1n) is 6.98. The molecule has 112 valence electrons. The lowest BCUT2D eigenvalue weighted by atomic mass is 9.79. The molecule has 0 radical (unpaired) electrons. The summed E-state index contributed by atoms with van der Waals surface area (Å²) in [4.78, 5) is 25.7. The lowest BCUT2D eigenvalue weighted by Gasteiger charge is -2.33. The fourth-order valence-electron chi connectivity index (χ4n) is 2.17. The molecule has 0 heterocycles. The van der Waals surface area contributed by atoms with Crippen molar-refractivity contribution in [3.05, 3.63) is 0 Å². The first-order chi connectivity index (χ1) is 8.46. The fourth-order valence-corrected chi connectivity index (χ4v) is 2.17. The SMILES string of the molecule is CC(C)CN(CC(C)C)C(=O)C(C(=O)O)C(C)(C)C. The Morgan fingerprint density at radius 2 is 1.37 bits per heavy atom. The number of nitrogens with zero attached hydrogens (tertiary/aromatic N) is 1. The van der Waals surface area contributed by atoms with E-state index in [2.05, 4.69) is 0 Å². The van der Waals surface area contributed by atoms with Crippen LogP contribution in [0.1, 0.15) is 48.5 Å². The Kier molecular flexibility index (Phi) is 6.53. The minimum absolute atomic E-state index is 0.262. The second-order valence-corrected chi connectivity index (χ2v) is 7.17. The highest BCUT2D eigenvalue weighted by Gasteiger charge is 2.40. The maximum absolute atomic E-state index is 12.5. The molecular formula is C15H29NO3. The second kappa shape index (κ2) is 6.92. The largest absolute Gasteiger partial charge is 0.481 e. The predicted octanol–water partition coefficient (Wildman–Crippen LogP) is 2.87. The van der Waals surface area contributed by atoms with E-state index in [4.69, 9.17) is 0 Å². The van der Waals surface area contributed by atoms with Gasteiger partial charge in [0.2, 0.25) is 5.91 Å². The van der Waals surface area contributed by atoms with Crippen molar-refractivity contribution in [3.63, 3.8) is 0 Å². The number of amides is 1. The second-order valence-electron chi connectivity index (χ2n) is 7.17. The van der Waals surface area contributed by atoms with E-state index in [9.17, 15) is 14.7 Å². The number of hydrogen-bond donors (Lipinski definition) is 1. The molecule has 0 aromatic rings. The zero-order chi connectivity index (χ0) is 15.4. The lowest BCUT2D eigenvalue weighted by molar-refractivity contribution is -0.156. The zero-order valence-corrected chi connectivity index (χ0v) is 13.4. The van der Waals surface area contributed by atoms with E-state index in [0.717, 1.165) is 0 Å². The third kappa shape index (κ3) is 6.08. The third-order valence-electron chi connectivity index (χ3n) is 2.84. The Morgan fingerprint density at radius 3 is 1.58 bits per heavy atom. The van der Waals surface area contributed by atoms with Crippen molar-refractivity contribution in [2.45, 2.75) is 48.5 Å². The number of carboxylic acid groups (broad SMARTS) is 1. The molecule has 0 saturated carbocycles. The topological polar surface area (TPSA) is 57.6 Å². The van der Waals surface area contributed by atoms with Crippen LogP contribution in [0.4, 0.5) is 0 Å². The molecule has 0 aliphatic rings. The van der Waals surface area contributed by atoms with Crippen LogP contribution in [0.2, 0.25) is 0 Å². The van der Waals surface area contributed by atoms with Gasteiger partial charge >= 0.3 is 5.97 Å². The molecule has 0 aliphatic heterocycles. The number of aliphatic carboxylic acids is 1. The first kappa shape index (κ1) is 17.9. The summed E-state index contributed by atoms with van der Waals surface area (Å²) in [5.41, 5.74) is -0.574. The molecule has 0 fully saturated rings. The van der Waals surface area contributed by atoms with Gasteiger partial charge in [-0.05, 0) is 17.3 Å². The molecule has 0 aliphatic carbocycles. The van der Waals surface area contributed by atoms with Crippen LogP contribution >= 0.6 is 0 Å². The van der Waals surface area contributed by atoms with Crippen LogP contribution < -0.4 is 0 Å². The Bertz CT molecular complexity index is 306. The van der Waals surface area contributed by atoms with Gasteiger partial charge in [-0.25, -0.2) is 0 Å². The number of hydrogen-bond acceptors (Lipinski definition) is 2. The maximum Gasteiger partial charge on any atom is 0.316 e. The van der Waals surface area contributed by atoms with Gasteiger partial charge in [0.15, 0.2) is 0 Å². The van der Waals surface area contributed by atoms with Crippen LogP contribution in [0, 0.1) is 23.2 Å². The molecule has 0 aromatic heterocycles. The van der Waals surface area contributed by atoms with E-state index < -0.39 is 17.3 Å². The van der Waals surface area contributed by atoms with Crippen molar-refractivity contribution >= 4 is 11.9 Å². The summed E-state index contributed by atoms with van der Waals surface area (Å²) in [6.45, 7) is 14.8. The average Bonchev–Trinajstić information content (AvgIpc) is 2.11. The van der Waals surface area contributed by atoms with Crippen LogP contribution in [0.15, 0.2) is 0 Å². The van der Waals surface area contributed by atoms with Gasteiger partial charge in [0.1, 0.15) is 5.92 Å². The van der Waals surface area contributed by atoms with Crippen LogP contribution in [-0.2, 0) is 9.59 Å². The van der Waals surface area contributed by atoms with Crippen molar-refractivity contribution in [2.75, 3.05) is 13.1 Å². The monoisotopic (exact) mass is 271 g/mol. The molecule has 4 heteroatoms. The molecule has 0 saturated heterocycles. The van der Waals surface area contributed by atoms with Crippen LogP contribution in [0.3, 0.4) is 0 Å². The Labute approximate surface area is 117 Å². The summed E-state index contributed by atoms with van der Waals surface area (Å²) >= 11 is 0. The predicted molar refractivity (Wildman–Crippen MR) is 76.8 cm³/mol. The van der Waals surface area contributed by atoms with Gasteiger partial charge in [-0.3, -0.25) is 9.59 Å². The molecule has 0 aromatic carbocycles. The summed E-state index contributed by atoms with van der Waals surface area (Å²) in [6, 6.07) is 0. The van der Waals surface area contributed by atoms with E-state index in [0.29, 0.717) is 24.9 Å². The van der Waals surface area contributed by atoms with Crippen LogP contribution in [0.5, 0.6) is 0 Å². The summed E-state index contributed by atoms with van der Waals surface area (Å²) in [7, 11) is 0. The Hall–Kier alpha value is -1.06. The van der Waals surface area contributed by atoms with Gasteiger partial charge in [0, 0.05) is 13.1 Å². The van der Waals surface area contributed by atoms with E-state index in [1.54, 1.807) is 25.7 Å². The molecule has 1 N–H and O–H groups in total. The third-order valence-corrected chi connectivity index (χ3v) is 2.84. The van der Waals surface area contributed by atoms with E-state index in [-0.39, 0.29) is 5.91 Å². The maximum atomic E-state index is 12.5. The van der Waals surface area contributed by atoms with Gasteiger partial charge in [0.25, 0.3) is 0 Å². The van der Waals surface area contributed by atoms with Gasteiger partial charge in [-0.1, -0.05) is 48.5 Å². The van der Waals surface area contributed by atoms with Crippen LogP contribution in [-0.4, -0.2) is 35.0 Å². The van der Waals surface area contributed by atoms with Gasteiger partial charge < -0.3 is 10.0 Å². The molecule has 1 unspecified atom stereocenters. The quantitative estimate of drug-likeness (QED) is 0.756. The number of carbonyl (C=O) groups excluding carboxylic acids is 1. The van der Waals surface area contributed by atoms with E-state index in [1.807, 2.05) is 27.7 Å². The summed E-state index contributed by atoms with van der Waals surface area (Å²) < 4.78 is 0. The van der Waals surface area contributed by atoms with Crippen LogP contribution in [0.25, 0.3) is 0 Å². The lowest BCUT2D eigenvalue weighted by Crippen LogP contribution is -2.47. The minimum Gasteiger partial charge on any atom is -0.481 e. The highest BCUT2D eigenvalue weighted by molar-refractivity contribution is 5.97. The Balaban J connectivity index is 5.18. The summed E-state index contributed by atoms with van der Waals surface area (Å²) in [5, 5.41) is 9.35. The standard InChI is InChI=1S/C15H29NO3/c1-10(2)8-16(9-11(3)4)13(17)12(14(18)19)15(5,6)7/h10-12H,8-9H2,1-7H3,(H,18,19). The molecule has 1 atom stereocenters. The molecular weight excluding hydrogens is 242 g/mol. The molecule has 0 spiro atoms. The smallest absolute Gasteiger partial charge is 0.316 e. The van der Waals surface area contributed by atoms with Gasteiger partial charge in [0.05, 0.1) is 0 Å². The number of rotatable bonds is 6. The molecule has 19 heavy (non-hydrogen) atoms. The van der Waals surface area contributed by atoms with Crippen molar-refractivity contribution < 1.29 is 14.7 Å². The Morgan fingerprint density at radius 1 is 1.00 bits per heavy atom. The van der Waals surface area contributed by atoms with Gasteiger partial charge in [-0.15, -0.1) is 0 Å². The molecule has 0 bridgehead atoms. The van der Waals surface area contributed by atoms with E-state index >= 15 is 0 Å². The molecule has 4 nitrogen and oxygen atoms in total. The summed E-state index contributed by atoms with van der Waals surface area (Å²) in [6.07, 6.45) is 0. The summed E-state index contributed by atoms with van der Waals surface area (Å²) in [5.74, 6) is -1.61. The van der Waals surface area contributed by atoms with Crippen molar-refractivity contribution in [1.29, 1.82) is 0 Å². The van der Waals surface area contributed by atoms with Crippen molar-refractivity contribution in [3.8, 4) is 0 Å². The molecule has 0 rings (SSSR count). The normalized spacial score (nSPS) is 13.7. The fraction of sp³-hybridized carbons (Fsp3) is 0.867. The number of carbonyl (C=O) groups is 2. The number of carboxylic acids is 1. The average molecular weight is 271 g/mol. The van der Waals surface area contributed by atoms with Crippen molar-refractivity contribution in [2.24, 2.45) is 23.2 Å². The zero-order valence-electron chi connectivity index (χ0n) is 13.4. The molecule has 1 amide bonds. The minimum atomic E-state index is -1.03. The first-order valence-corrected chi connectivity index (χ1v) is 6.98. The highest BCUT2D eigenvalue weighted by atomic mass is 16.4. The van der Waals surface area contributed by atoms with E-state index in [1.165, 1.54) is 0 Å². The van der Waals surface area contributed by atoms with Gasteiger partial charge in [-0.2, -0.15) is 0 Å².